The van der Waals surface area contributed by atoms with Crippen LogP contribution in [0.25, 0.3) is 0 Å². The summed E-state index contributed by atoms with van der Waals surface area (Å²) >= 11 is 0. The maximum Gasteiger partial charge on any atom is 0.322 e. The molecule has 1 unspecified atom stereocenters. The molecule has 21 heavy (non-hydrogen) atoms. The van der Waals surface area contributed by atoms with Crippen molar-refractivity contribution in [2.45, 2.75) is 37.8 Å². The van der Waals surface area contributed by atoms with Crippen LogP contribution >= 0.6 is 0 Å². The highest BCUT2D eigenvalue weighted by Gasteiger charge is 2.28. The molecule has 0 heterocycles. The number of rotatable bonds is 9. The first-order valence-electron chi connectivity index (χ1n) is 7.39. The zero-order valence-electron chi connectivity index (χ0n) is 12.4. The van der Waals surface area contributed by atoms with Crippen LogP contribution in [-0.2, 0) is 16.0 Å². The predicted molar refractivity (Wildman–Crippen MR) is 79.3 cm³/mol. The lowest BCUT2D eigenvalue weighted by atomic mass is 10.1. The Labute approximate surface area is 125 Å². The fourth-order valence-electron chi connectivity index (χ4n) is 2.12. The van der Waals surface area contributed by atoms with Crippen LogP contribution < -0.4 is 10.1 Å². The van der Waals surface area contributed by atoms with Crippen LogP contribution in [0.4, 0.5) is 0 Å². The van der Waals surface area contributed by atoms with Gasteiger partial charge in [0.1, 0.15) is 11.8 Å². The third kappa shape index (κ3) is 5.36. The lowest BCUT2D eigenvalue weighted by molar-refractivity contribution is -0.143. The molecule has 1 aromatic carbocycles. The summed E-state index contributed by atoms with van der Waals surface area (Å²) in [4.78, 5) is 11.7. The number of nitrogens with one attached hydrogen (secondary N) is 1. The van der Waals surface area contributed by atoms with E-state index in [1.807, 2.05) is 24.3 Å². The van der Waals surface area contributed by atoms with Crippen molar-refractivity contribution in [3.8, 4) is 5.75 Å². The molecule has 116 valence electrons. The fraction of sp³-hybridized carbons (Fsp3) is 0.562. The minimum absolute atomic E-state index is 0.147. The van der Waals surface area contributed by atoms with Gasteiger partial charge in [0.15, 0.2) is 0 Å². The number of carbonyl (C=O) groups is 1. The Kier molecular flexibility index (Phi) is 6.02. The molecule has 1 aliphatic carbocycles. The van der Waals surface area contributed by atoms with E-state index in [-0.39, 0.29) is 18.6 Å². The summed E-state index contributed by atoms with van der Waals surface area (Å²) in [7, 11) is 1.41. The third-order valence-corrected chi connectivity index (χ3v) is 3.50. The van der Waals surface area contributed by atoms with Gasteiger partial charge in [0.2, 0.25) is 0 Å². The molecule has 0 amide bonds. The molecule has 2 N–H and O–H groups in total. The van der Waals surface area contributed by atoms with Gasteiger partial charge in [-0.05, 0) is 37.0 Å². The highest BCUT2D eigenvalue weighted by Crippen LogP contribution is 2.20. The van der Waals surface area contributed by atoms with Crippen molar-refractivity contribution < 1.29 is 19.4 Å². The van der Waals surface area contributed by atoms with Crippen LogP contribution in [-0.4, -0.2) is 43.5 Å². The van der Waals surface area contributed by atoms with E-state index in [0.29, 0.717) is 25.5 Å². The van der Waals surface area contributed by atoms with Crippen molar-refractivity contribution >= 4 is 5.97 Å². The quantitative estimate of drug-likeness (QED) is 0.671. The summed E-state index contributed by atoms with van der Waals surface area (Å²) in [5.74, 6) is 0.538. The summed E-state index contributed by atoms with van der Waals surface area (Å²) in [5, 5.41) is 12.1. The average molecular weight is 293 g/mol. The Balaban J connectivity index is 1.76. The summed E-state index contributed by atoms with van der Waals surface area (Å²) < 4.78 is 10.5. The van der Waals surface area contributed by atoms with Gasteiger partial charge in [0.05, 0.1) is 13.7 Å². The topological polar surface area (TPSA) is 67.8 Å². The number of esters is 1. The zero-order chi connectivity index (χ0) is 15.1. The Morgan fingerprint density at radius 1 is 1.38 bits per heavy atom. The van der Waals surface area contributed by atoms with E-state index in [1.54, 1.807) is 0 Å². The van der Waals surface area contributed by atoms with Gasteiger partial charge in [-0.25, -0.2) is 0 Å². The summed E-state index contributed by atoms with van der Waals surface area (Å²) in [6.07, 6.45) is 3.49. The first-order valence-corrected chi connectivity index (χ1v) is 7.39. The summed E-state index contributed by atoms with van der Waals surface area (Å²) in [5.41, 5.74) is 1.08. The van der Waals surface area contributed by atoms with Crippen LogP contribution in [0, 0.1) is 0 Å². The molecule has 2 rings (SSSR count). The Morgan fingerprint density at radius 3 is 2.67 bits per heavy atom. The van der Waals surface area contributed by atoms with Gasteiger partial charge in [-0.1, -0.05) is 12.1 Å². The van der Waals surface area contributed by atoms with Crippen molar-refractivity contribution in [1.29, 1.82) is 0 Å². The van der Waals surface area contributed by atoms with Gasteiger partial charge >= 0.3 is 5.97 Å². The molecule has 5 nitrogen and oxygen atoms in total. The molecule has 0 aromatic heterocycles. The number of ether oxygens (including phenoxy) is 2. The molecule has 0 saturated heterocycles. The van der Waals surface area contributed by atoms with Crippen molar-refractivity contribution in [1.82, 2.24) is 5.32 Å². The molecular weight excluding hydrogens is 270 g/mol. The summed E-state index contributed by atoms with van der Waals surface area (Å²) in [6.45, 7) is 0.604. The predicted octanol–water partition coefficient (Wildman–Crippen LogP) is 1.28. The smallest absolute Gasteiger partial charge is 0.322 e. The largest absolute Gasteiger partial charge is 0.494 e. The minimum Gasteiger partial charge on any atom is -0.494 e. The second-order valence-electron chi connectivity index (χ2n) is 5.27. The molecule has 1 aromatic rings. The number of benzene rings is 1. The molecule has 0 spiro atoms. The molecule has 1 saturated carbocycles. The first kappa shape index (κ1) is 15.8. The van der Waals surface area contributed by atoms with E-state index < -0.39 is 0 Å². The maximum absolute atomic E-state index is 11.7. The third-order valence-electron chi connectivity index (χ3n) is 3.50. The number of hydrogen-bond donors (Lipinski definition) is 2. The van der Waals surface area contributed by atoms with Crippen molar-refractivity contribution in [3.05, 3.63) is 29.8 Å². The van der Waals surface area contributed by atoms with Crippen LogP contribution in [0.2, 0.25) is 0 Å². The maximum atomic E-state index is 11.7. The lowest BCUT2D eigenvalue weighted by Gasteiger charge is -2.16. The van der Waals surface area contributed by atoms with E-state index in [0.717, 1.165) is 24.2 Å². The normalized spacial score (nSPS) is 15.5. The minimum atomic E-state index is -0.295. The number of aliphatic hydroxyl groups is 1. The standard InChI is InChI=1S/C16H23NO4/c1-20-16(19)15(17-13-4-5-13)9-11-21-14-6-2-12(3-7-14)8-10-18/h2-3,6-7,13,15,17-18H,4-5,8-11H2,1H3. The van der Waals surface area contributed by atoms with Crippen LogP contribution in [0.5, 0.6) is 5.75 Å². The van der Waals surface area contributed by atoms with Crippen molar-refractivity contribution in [2.24, 2.45) is 0 Å². The van der Waals surface area contributed by atoms with Gasteiger partial charge < -0.3 is 19.9 Å². The average Bonchev–Trinajstić information content (AvgIpc) is 3.31. The first-order chi connectivity index (χ1) is 10.2. The molecule has 5 heteroatoms. The van der Waals surface area contributed by atoms with Gasteiger partial charge in [0.25, 0.3) is 0 Å². The Bertz CT molecular complexity index is 442. The molecule has 0 radical (unpaired) electrons. The van der Waals surface area contributed by atoms with Crippen LogP contribution in [0.3, 0.4) is 0 Å². The fourth-order valence-corrected chi connectivity index (χ4v) is 2.12. The van der Waals surface area contributed by atoms with Crippen molar-refractivity contribution in [2.75, 3.05) is 20.3 Å². The SMILES string of the molecule is COC(=O)C(CCOc1ccc(CCO)cc1)NC1CC1. The highest BCUT2D eigenvalue weighted by atomic mass is 16.5. The molecule has 1 atom stereocenters. The van der Waals surface area contributed by atoms with E-state index in [1.165, 1.54) is 7.11 Å². The van der Waals surface area contributed by atoms with Crippen LogP contribution in [0.15, 0.2) is 24.3 Å². The number of carbonyl (C=O) groups excluding carboxylic acids is 1. The van der Waals surface area contributed by atoms with E-state index in [9.17, 15) is 4.79 Å². The van der Waals surface area contributed by atoms with E-state index in [4.69, 9.17) is 14.6 Å². The Morgan fingerprint density at radius 2 is 2.10 bits per heavy atom. The Hall–Kier alpha value is -1.59. The molecule has 0 aliphatic heterocycles. The molecular formula is C16H23NO4. The molecule has 0 bridgehead atoms. The second-order valence-corrected chi connectivity index (χ2v) is 5.27. The molecule has 1 aliphatic rings. The molecule has 1 fully saturated rings. The van der Waals surface area contributed by atoms with E-state index in [2.05, 4.69) is 5.32 Å². The summed E-state index contributed by atoms with van der Waals surface area (Å²) in [6, 6.07) is 7.79. The lowest BCUT2D eigenvalue weighted by Crippen LogP contribution is -2.40. The second kappa shape index (κ2) is 8.00. The van der Waals surface area contributed by atoms with Gasteiger partial charge in [-0.2, -0.15) is 0 Å². The highest BCUT2D eigenvalue weighted by molar-refractivity contribution is 5.75. The zero-order valence-corrected chi connectivity index (χ0v) is 12.4. The van der Waals surface area contributed by atoms with Gasteiger partial charge in [-0.3, -0.25) is 4.79 Å². The van der Waals surface area contributed by atoms with Crippen LogP contribution in [0.1, 0.15) is 24.8 Å². The number of methoxy groups -OCH3 is 1. The van der Waals surface area contributed by atoms with Gasteiger partial charge in [-0.15, -0.1) is 0 Å². The number of aliphatic hydroxyl groups excluding tert-OH is 1. The monoisotopic (exact) mass is 293 g/mol. The van der Waals surface area contributed by atoms with Crippen molar-refractivity contribution in [3.63, 3.8) is 0 Å². The number of hydrogen-bond acceptors (Lipinski definition) is 5. The van der Waals surface area contributed by atoms with E-state index >= 15 is 0 Å². The van der Waals surface area contributed by atoms with Gasteiger partial charge in [0, 0.05) is 19.1 Å².